The smallest absolute Gasteiger partial charge is 0.257 e. The van der Waals surface area contributed by atoms with Gasteiger partial charge in [0.2, 0.25) is 0 Å². The largest absolute Gasteiger partial charge is 0.483 e. The molecule has 2 aromatic heterocycles. The summed E-state index contributed by atoms with van der Waals surface area (Å²) in [6.45, 7) is 4.80. The van der Waals surface area contributed by atoms with Gasteiger partial charge in [-0.25, -0.2) is 0 Å². The van der Waals surface area contributed by atoms with Gasteiger partial charge in [0.05, 0.1) is 0 Å². The predicted molar refractivity (Wildman–Crippen MR) is 100 cm³/mol. The number of amides is 1. The van der Waals surface area contributed by atoms with E-state index in [-0.39, 0.29) is 12.5 Å². The van der Waals surface area contributed by atoms with Crippen molar-refractivity contribution in [3.05, 3.63) is 60.0 Å². The number of benzene rings is 1. The summed E-state index contributed by atoms with van der Waals surface area (Å²) in [5.41, 5.74) is 1.94. The molecule has 0 aliphatic rings. The van der Waals surface area contributed by atoms with Crippen molar-refractivity contribution in [3.8, 4) is 5.75 Å². The minimum absolute atomic E-state index is 0.00796. The van der Waals surface area contributed by atoms with Crippen molar-refractivity contribution in [3.63, 3.8) is 0 Å². The molecule has 0 aliphatic heterocycles. The molecule has 3 rings (SSSR count). The summed E-state index contributed by atoms with van der Waals surface area (Å²) in [5, 5.41) is 11.1. The lowest BCUT2D eigenvalue weighted by Crippen LogP contribution is -2.31. The second-order valence-electron chi connectivity index (χ2n) is 6.28. The van der Waals surface area contributed by atoms with Crippen LogP contribution in [0.15, 0.2) is 48.7 Å². The SMILES string of the molecule is CCC(C)c1ccccc1OCC(=O)NCCc1nnc2ccccn12. The quantitative estimate of drug-likeness (QED) is 0.677. The number of nitrogens with one attached hydrogen (secondary N) is 1. The fraction of sp³-hybridized carbons (Fsp3) is 0.350. The number of hydrogen-bond donors (Lipinski definition) is 1. The van der Waals surface area contributed by atoms with Crippen LogP contribution in [0.2, 0.25) is 0 Å². The average molecular weight is 352 g/mol. The maximum atomic E-state index is 12.1. The van der Waals surface area contributed by atoms with Gasteiger partial charge in [-0.2, -0.15) is 0 Å². The molecule has 6 nitrogen and oxygen atoms in total. The normalized spacial score (nSPS) is 12.1. The van der Waals surface area contributed by atoms with Crippen LogP contribution in [0.1, 0.15) is 37.6 Å². The third-order valence-electron chi connectivity index (χ3n) is 4.48. The Bertz CT molecular complexity index is 875. The lowest BCUT2D eigenvalue weighted by atomic mass is 9.98. The second kappa shape index (κ2) is 8.47. The Labute approximate surface area is 153 Å². The number of carbonyl (C=O) groups excluding carboxylic acids is 1. The molecule has 0 spiro atoms. The molecule has 136 valence electrons. The van der Waals surface area contributed by atoms with E-state index in [4.69, 9.17) is 4.74 Å². The molecule has 1 N–H and O–H groups in total. The molecule has 1 aromatic carbocycles. The zero-order chi connectivity index (χ0) is 18.4. The third-order valence-corrected chi connectivity index (χ3v) is 4.48. The van der Waals surface area contributed by atoms with E-state index in [1.807, 2.05) is 47.0 Å². The molecular weight excluding hydrogens is 328 g/mol. The van der Waals surface area contributed by atoms with Crippen LogP contribution in [0.3, 0.4) is 0 Å². The molecule has 0 saturated carbocycles. The lowest BCUT2D eigenvalue weighted by molar-refractivity contribution is -0.123. The monoisotopic (exact) mass is 352 g/mol. The molecule has 1 unspecified atom stereocenters. The number of nitrogens with zero attached hydrogens (tertiary/aromatic N) is 3. The minimum atomic E-state index is -0.141. The third kappa shape index (κ3) is 4.20. The first-order valence-electron chi connectivity index (χ1n) is 8.96. The Morgan fingerprint density at radius 2 is 2.00 bits per heavy atom. The molecule has 1 atom stereocenters. The van der Waals surface area contributed by atoms with Crippen molar-refractivity contribution in [2.45, 2.75) is 32.6 Å². The summed E-state index contributed by atoms with van der Waals surface area (Å²) in [6.07, 6.45) is 3.56. The van der Waals surface area contributed by atoms with Crippen LogP contribution in [0.25, 0.3) is 5.65 Å². The second-order valence-corrected chi connectivity index (χ2v) is 6.28. The first kappa shape index (κ1) is 17.9. The van der Waals surface area contributed by atoms with E-state index < -0.39 is 0 Å². The van der Waals surface area contributed by atoms with E-state index in [0.29, 0.717) is 18.9 Å². The Balaban J connectivity index is 1.49. The van der Waals surface area contributed by atoms with Gasteiger partial charge in [-0.3, -0.25) is 9.20 Å². The summed E-state index contributed by atoms with van der Waals surface area (Å²) in [6, 6.07) is 13.6. The maximum Gasteiger partial charge on any atom is 0.257 e. The molecule has 26 heavy (non-hydrogen) atoms. The van der Waals surface area contributed by atoms with Crippen LogP contribution in [0.5, 0.6) is 5.75 Å². The predicted octanol–water partition coefficient (Wildman–Crippen LogP) is 2.98. The van der Waals surface area contributed by atoms with E-state index in [2.05, 4.69) is 35.4 Å². The van der Waals surface area contributed by atoms with E-state index in [0.717, 1.165) is 29.2 Å². The summed E-state index contributed by atoms with van der Waals surface area (Å²) < 4.78 is 7.66. The van der Waals surface area contributed by atoms with Crippen molar-refractivity contribution in [2.24, 2.45) is 0 Å². The van der Waals surface area contributed by atoms with Crippen molar-refractivity contribution >= 4 is 11.6 Å². The number of ether oxygens (including phenoxy) is 1. The van der Waals surface area contributed by atoms with Crippen LogP contribution >= 0.6 is 0 Å². The lowest BCUT2D eigenvalue weighted by Gasteiger charge is -2.15. The Hall–Kier alpha value is -2.89. The topological polar surface area (TPSA) is 68.5 Å². The van der Waals surface area contributed by atoms with Gasteiger partial charge in [0.25, 0.3) is 5.91 Å². The molecule has 6 heteroatoms. The Morgan fingerprint density at radius 1 is 1.19 bits per heavy atom. The molecule has 3 aromatic rings. The van der Waals surface area contributed by atoms with Crippen molar-refractivity contribution in [2.75, 3.05) is 13.2 Å². The molecule has 0 fully saturated rings. The van der Waals surface area contributed by atoms with E-state index in [1.54, 1.807) is 0 Å². The van der Waals surface area contributed by atoms with Gasteiger partial charge in [0.1, 0.15) is 11.6 Å². The highest BCUT2D eigenvalue weighted by Gasteiger charge is 2.11. The van der Waals surface area contributed by atoms with Gasteiger partial charge in [0.15, 0.2) is 12.3 Å². The average Bonchev–Trinajstić information content (AvgIpc) is 3.09. The molecule has 1 amide bonds. The van der Waals surface area contributed by atoms with Gasteiger partial charge < -0.3 is 10.1 Å². The fourth-order valence-electron chi connectivity index (χ4n) is 2.81. The number of pyridine rings is 1. The molecule has 0 radical (unpaired) electrons. The highest BCUT2D eigenvalue weighted by atomic mass is 16.5. The highest BCUT2D eigenvalue weighted by molar-refractivity contribution is 5.77. The highest BCUT2D eigenvalue weighted by Crippen LogP contribution is 2.28. The van der Waals surface area contributed by atoms with Gasteiger partial charge in [-0.05, 0) is 36.1 Å². The number of fused-ring (bicyclic) bond motifs is 1. The van der Waals surface area contributed by atoms with E-state index >= 15 is 0 Å². The number of aromatic nitrogens is 3. The van der Waals surface area contributed by atoms with Gasteiger partial charge in [-0.1, -0.05) is 38.1 Å². The zero-order valence-electron chi connectivity index (χ0n) is 15.2. The van der Waals surface area contributed by atoms with E-state index in [9.17, 15) is 4.79 Å². The number of rotatable bonds is 8. The van der Waals surface area contributed by atoms with E-state index in [1.165, 1.54) is 0 Å². The molecule has 0 aliphatic carbocycles. The fourth-order valence-corrected chi connectivity index (χ4v) is 2.81. The van der Waals surface area contributed by atoms with Crippen LogP contribution < -0.4 is 10.1 Å². The van der Waals surface area contributed by atoms with Gasteiger partial charge in [0, 0.05) is 19.2 Å². The van der Waals surface area contributed by atoms with Crippen molar-refractivity contribution in [1.82, 2.24) is 19.9 Å². The standard InChI is InChI=1S/C20H24N4O2/c1-3-15(2)16-8-4-5-9-17(16)26-14-20(25)21-12-11-19-23-22-18-10-6-7-13-24(18)19/h4-10,13,15H,3,11-12,14H2,1-2H3,(H,21,25). The first-order chi connectivity index (χ1) is 12.7. The summed E-state index contributed by atoms with van der Waals surface area (Å²) in [4.78, 5) is 12.1. The summed E-state index contributed by atoms with van der Waals surface area (Å²) >= 11 is 0. The summed E-state index contributed by atoms with van der Waals surface area (Å²) in [7, 11) is 0. The molecule has 2 heterocycles. The minimum Gasteiger partial charge on any atom is -0.483 e. The van der Waals surface area contributed by atoms with Crippen LogP contribution in [0.4, 0.5) is 0 Å². The molecule has 0 bridgehead atoms. The van der Waals surface area contributed by atoms with Gasteiger partial charge >= 0.3 is 0 Å². The maximum absolute atomic E-state index is 12.1. The van der Waals surface area contributed by atoms with Crippen LogP contribution in [-0.2, 0) is 11.2 Å². The Kier molecular flexibility index (Phi) is 5.84. The molecule has 0 saturated heterocycles. The van der Waals surface area contributed by atoms with Gasteiger partial charge in [-0.15, -0.1) is 10.2 Å². The zero-order valence-corrected chi connectivity index (χ0v) is 15.2. The summed E-state index contributed by atoms with van der Waals surface area (Å²) in [5.74, 6) is 1.86. The number of para-hydroxylation sites is 1. The molecular formula is C20H24N4O2. The van der Waals surface area contributed by atoms with Crippen molar-refractivity contribution < 1.29 is 9.53 Å². The first-order valence-corrected chi connectivity index (χ1v) is 8.96. The van der Waals surface area contributed by atoms with Crippen LogP contribution in [0, 0.1) is 0 Å². The van der Waals surface area contributed by atoms with Crippen LogP contribution in [-0.4, -0.2) is 33.7 Å². The van der Waals surface area contributed by atoms with Crippen molar-refractivity contribution in [1.29, 1.82) is 0 Å². The number of hydrogen-bond acceptors (Lipinski definition) is 4. The Morgan fingerprint density at radius 3 is 2.85 bits per heavy atom. The number of carbonyl (C=O) groups is 1.